The van der Waals surface area contributed by atoms with E-state index in [9.17, 15) is 0 Å². The third-order valence-corrected chi connectivity index (χ3v) is 2.49. The summed E-state index contributed by atoms with van der Waals surface area (Å²) in [6, 6.07) is 0. The van der Waals surface area contributed by atoms with Crippen LogP contribution in [0.25, 0.3) is 0 Å². The van der Waals surface area contributed by atoms with E-state index in [1.807, 2.05) is 0 Å². The summed E-state index contributed by atoms with van der Waals surface area (Å²) in [5, 5.41) is 8.75. The van der Waals surface area contributed by atoms with Gasteiger partial charge >= 0.3 is 0 Å². The fraction of sp³-hybridized carbons (Fsp3) is 1.00. The van der Waals surface area contributed by atoms with Crippen molar-refractivity contribution in [3.05, 3.63) is 0 Å². The van der Waals surface area contributed by atoms with Gasteiger partial charge < -0.3 is 10.0 Å². The SMILES string of the molecule is CCN(CCO)CCCCCCCl. The molecule has 0 aromatic heterocycles. The van der Waals surface area contributed by atoms with Gasteiger partial charge in [-0.05, 0) is 25.9 Å². The molecule has 0 aromatic rings. The van der Waals surface area contributed by atoms with Crippen molar-refractivity contribution in [1.29, 1.82) is 0 Å². The number of nitrogens with zero attached hydrogens (tertiary/aromatic N) is 1. The second kappa shape index (κ2) is 10.3. The van der Waals surface area contributed by atoms with Crippen LogP contribution in [0, 0.1) is 0 Å². The van der Waals surface area contributed by atoms with Crippen LogP contribution in [0.15, 0.2) is 0 Å². The van der Waals surface area contributed by atoms with E-state index in [-0.39, 0.29) is 6.61 Å². The number of aliphatic hydroxyl groups is 1. The Kier molecular flexibility index (Phi) is 10.5. The largest absolute Gasteiger partial charge is 0.395 e. The number of likely N-dealkylation sites (N-methyl/N-ethyl adjacent to an activating group) is 1. The van der Waals surface area contributed by atoms with Crippen LogP contribution >= 0.6 is 11.6 Å². The van der Waals surface area contributed by atoms with Crippen molar-refractivity contribution in [3.63, 3.8) is 0 Å². The first-order chi connectivity index (χ1) is 6.35. The van der Waals surface area contributed by atoms with Crippen LogP contribution in [-0.2, 0) is 0 Å². The molecule has 0 saturated heterocycles. The Balaban J connectivity index is 3.17. The molecular formula is C10H22ClNO. The molecule has 0 aliphatic rings. The van der Waals surface area contributed by atoms with Gasteiger partial charge in [0, 0.05) is 12.4 Å². The van der Waals surface area contributed by atoms with Crippen molar-refractivity contribution in [1.82, 2.24) is 4.90 Å². The fourth-order valence-corrected chi connectivity index (χ4v) is 1.54. The summed E-state index contributed by atoms with van der Waals surface area (Å²) in [5.74, 6) is 0.786. The second-order valence-electron chi connectivity index (χ2n) is 3.26. The smallest absolute Gasteiger partial charge is 0.0558 e. The van der Waals surface area contributed by atoms with Crippen molar-refractivity contribution in [2.45, 2.75) is 32.6 Å². The lowest BCUT2D eigenvalue weighted by Gasteiger charge is -2.18. The molecule has 0 aliphatic heterocycles. The standard InChI is InChI=1S/C10H22ClNO/c1-2-12(9-10-13)8-6-4-3-5-7-11/h13H,2-10H2,1H3. The van der Waals surface area contributed by atoms with Gasteiger partial charge in [-0.1, -0.05) is 19.8 Å². The Morgan fingerprint density at radius 3 is 2.31 bits per heavy atom. The fourth-order valence-electron chi connectivity index (χ4n) is 1.35. The molecule has 0 fully saturated rings. The lowest BCUT2D eigenvalue weighted by molar-refractivity contribution is 0.199. The molecule has 0 saturated carbocycles. The van der Waals surface area contributed by atoms with E-state index in [0.29, 0.717) is 0 Å². The van der Waals surface area contributed by atoms with E-state index in [4.69, 9.17) is 16.7 Å². The van der Waals surface area contributed by atoms with Gasteiger partial charge in [0.05, 0.1) is 6.61 Å². The second-order valence-corrected chi connectivity index (χ2v) is 3.64. The monoisotopic (exact) mass is 207 g/mol. The van der Waals surface area contributed by atoms with Gasteiger partial charge in [0.2, 0.25) is 0 Å². The molecular weight excluding hydrogens is 186 g/mol. The van der Waals surface area contributed by atoms with Gasteiger partial charge in [-0.3, -0.25) is 0 Å². The van der Waals surface area contributed by atoms with Crippen molar-refractivity contribution in [2.75, 3.05) is 32.1 Å². The Hall–Kier alpha value is 0.210. The van der Waals surface area contributed by atoms with E-state index in [2.05, 4.69) is 11.8 Å². The Morgan fingerprint density at radius 2 is 1.77 bits per heavy atom. The van der Waals surface area contributed by atoms with E-state index in [1.165, 1.54) is 19.3 Å². The summed E-state index contributed by atoms with van der Waals surface area (Å²) < 4.78 is 0. The molecule has 1 N–H and O–H groups in total. The summed E-state index contributed by atoms with van der Waals surface area (Å²) >= 11 is 5.58. The summed E-state index contributed by atoms with van der Waals surface area (Å²) in [4.78, 5) is 2.28. The van der Waals surface area contributed by atoms with Crippen LogP contribution in [0.3, 0.4) is 0 Å². The lowest BCUT2D eigenvalue weighted by atomic mass is 10.2. The number of halogens is 1. The van der Waals surface area contributed by atoms with Gasteiger partial charge in [0.25, 0.3) is 0 Å². The number of rotatable bonds is 9. The minimum absolute atomic E-state index is 0.273. The number of hydrogen-bond donors (Lipinski definition) is 1. The van der Waals surface area contributed by atoms with Crippen LogP contribution in [0.2, 0.25) is 0 Å². The van der Waals surface area contributed by atoms with Gasteiger partial charge in [-0.15, -0.1) is 11.6 Å². The third kappa shape index (κ3) is 8.54. The molecule has 0 atom stereocenters. The molecule has 0 unspecified atom stereocenters. The first-order valence-corrected chi connectivity index (χ1v) is 5.77. The summed E-state index contributed by atoms with van der Waals surface area (Å²) in [6.45, 7) is 5.37. The lowest BCUT2D eigenvalue weighted by Crippen LogP contribution is -2.27. The maximum Gasteiger partial charge on any atom is 0.0558 e. The van der Waals surface area contributed by atoms with Gasteiger partial charge in [-0.25, -0.2) is 0 Å². The molecule has 0 bridgehead atoms. The molecule has 0 radical (unpaired) electrons. The van der Waals surface area contributed by atoms with Crippen molar-refractivity contribution in [2.24, 2.45) is 0 Å². The highest BCUT2D eigenvalue weighted by atomic mass is 35.5. The molecule has 2 nitrogen and oxygen atoms in total. The van der Waals surface area contributed by atoms with Gasteiger partial charge in [-0.2, -0.15) is 0 Å². The molecule has 0 aromatic carbocycles. The maximum atomic E-state index is 8.75. The minimum atomic E-state index is 0.273. The van der Waals surface area contributed by atoms with Crippen LogP contribution in [-0.4, -0.2) is 42.1 Å². The van der Waals surface area contributed by atoms with Crippen molar-refractivity contribution in [3.8, 4) is 0 Å². The first-order valence-electron chi connectivity index (χ1n) is 5.24. The summed E-state index contributed by atoms with van der Waals surface area (Å²) in [5.41, 5.74) is 0. The van der Waals surface area contributed by atoms with E-state index < -0.39 is 0 Å². The molecule has 0 aliphatic carbocycles. The summed E-state index contributed by atoms with van der Waals surface area (Å²) in [7, 11) is 0. The van der Waals surface area contributed by atoms with Crippen LogP contribution in [0.4, 0.5) is 0 Å². The van der Waals surface area contributed by atoms with Crippen molar-refractivity contribution >= 4 is 11.6 Å². The number of hydrogen-bond acceptors (Lipinski definition) is 2. The number of unbranched alkanes of at least 4 members (excludes halogenated alkanes) is 3. The average Bonchev–Trinajstić information content (AvgIpc) is 2.16. The first kappa shape index (κ1) is 13.2. The average molecular weight is 208 g/mol. The molecule has 0 amide bonds. The van der Waals surface area contributed by atoms with E-state index in [1.54, 1.807) is 0 Å². The van der Waals surface area contributed by atoms with Gasteiger partial charge in [0.1, 0.15) is 0 Å². The van der Waals surface area contributed by atoms with Gasteiger partial charge in [0.15, 0.2) is 0 Å². The topological polar surface area (TPSA) is 23.5 Å². The highest BCUT2D eigenvalue weighted by molar-refractivity contribution is 6.17. The predicted molar refractivity (Wildman–Crippen MR) is 58.4 cm³/mol. The minimum Gasteiger partial charge on any atom is -0.395 e. The Labute approximate surface area is 86.9 Å². The quantitative estimate of drug-likeness (QED) is 0.463. The van der Waals surface area contributed by atoms with Crippen LogP contribution in [0.1, 0.15) is 32.6 Å². The number of aliphatic hydroxyl groups excluding tert-OH is 1. The predicted octanol–water partition coefficient (Wildman–Crippen LogP) is 2.10. The Bertz CT molecular complexity index is 101. The zero-order valence-corrected chi connectivity index (χ0v) is 9.39. The molecule has 13 heavy (non-hydrogen) atoms. The zero-order valence-electron chi connectivity index (χ0n) is 8.64. The normalized spacial score (nSPS) is 11.1. The maximum absolute atomic E-state index is 8.75. The van der Waals surface area contributed by atoms with E-state index in [0.717, 1.165) is 31.9 Å². The Morgan fingerprint density at radius 1 is 1.08 bits per heavy atom. The third-order valence-electron chi connectivity index (χ3n) is 2.22. The zero-order chi connectivity index (χ0) is 9.94. The summed E-state index contributed by atoms with van der Waals surface area (Å²) in [6.07, 6.45) is 4.85. The highest BCUT2D eigenvalue weighted by Gasteiger charge is 1.99. The van der Waals surface area contributed by atoms with E-state index >= 15 is 0 Å². The highest BCUT2D eigenvalue weighted by Crippen LogP contribution is 2.02. The van der Waals surface area contributed by atoms with Crippen LogP contribution in [0.5, 0.6) is 0 Å². The number of alkyl halides is 1. The molecule has 3 heteroatoms. The molecule has 0 heterocycles. The molecule has 0 rings (SSSR count). The molecule has 0 spiro atoms. The van der Waals surface area contributed by atoms with Crippen molar-refractivity contribution < 1.29 is 5.11 Å². The van der Waals surface area contributed by atoms with Crippen LogP contribution < -0.4 is 0 Å². The molecule has 80 valence electrons.